The highest BCUT2D eigenvalue weighted by Gasteiger charge is 2.62. The van der Waals surface area contributed by atoms with Crippen LogP contribution in [0, 0.1) is 17.8 Å². The number of hydrogen-bond donors (Lipinski definition) is 1. The number of hydrogen-bond acceptors (Lipinski definition) is 3. The van der Waals surface area contributed by atoms with Gasteiger partial charge in [0.2, 0.25) is 5.91 Å². The fourth-order valence-corrected chi connectivity index (χ4v) is 4.94. The van der Waals surface area contributed by atoms with Crippen molar-refractivity contribution in [3.63, 3.8) is 0 Å². The number of rotatable bonds is 6. The third-order valence-corrected chi connectivity index (χ3v) is 6.24. The van der Waals surface area contributed by atoms with Crippen LogP contribution in [-0.4, -0.2) is 54.9 Å². The van der Waals surface area contributed by atoms with Gasteiger partial charge in [0, 0.05) is 44.4 Å². The van der Waals surface area contributed by atoms with E-state index in [0.29, 0.717) is 12.5 Å². The van der Waals surface area contributed by atoms with Gasteiger partial charge < -0.3 is 10.1 Å². The zero-order valence-corrected chi connectivity index (χ0v) is 13.8. The molecule has 1 N–H and O–H groups in total. The lowest BCUT2D eigenvalue weighted by Gasteiger charge is -2.29. The summed E-state index contributed by atoms with van der Waals surface area (Å²) < 4.78 is 42.9. The molecule has 24 heavy (non-hydrogen) atoms. The molecule has 4 rings (SSSR count). The number of ether oxygens (including phenoxy) is 1. The second kappa shape index (κ2) is 5.87. The Morgan fingerprint density at radius 1 is 1.29 bits per heavy atom. The number of alkyl halides is 3. The second-order valence-electron chi connectivity index (χ2n) is 8.09. The molecule has 136 valence electrons. The molecule has 0 unspecified atom stereocenters. The van der Waals surface area contributed by atoms with Gasteiger partial charge in [0.25, 0.3) is 0 Å². The number of nitrogens with one attached hydrogen (secondary N) is 1. The van der Waals surface area contributed by atoms with E-state index in [-0.39, 0.29) is 17.6 Å². The van der Waals surface area contributed by atoms with Crippen molar-refractivity contribution in [2.45, 2.75) is 56.4 Å². The van der Waals surface area contributed by atoms with Crippen LogP contribution in [0.2, 0.25) is 0 Å². The average Bonchev–Trinajstić information content (AvgIpc) is 3.00. The first-order valence-corrected chi connectivity index (χ1v) is 9.08. The lowest BCUT2D eigenvalue weighted by Crippen LogP contribution is -2.42. The van der Waals surface area contributed by atoms with Crippen LogP contribution >= 0.6 is 0 Å². The molecular weight excluding hydrogens is 321 g/mol. The van der Waals surface area contributed by atoms with E-state index in [4.69, 9.17) is 4.74 Å². The minimum Gasteiger partial charge on any atom is -0.370 e. The largest absolute Gasteiger partial charge is 0.389 e. The Morgan fingerprint density at radius 2 is 2.08 bits per heavy atom. The Hall–Kier alpha value is -0.820. The third-order valence-electron chi connectivity index (χ3n) is 6.24. The van der Waals surface area contributed by atoms with Crippen molar-refractivity contribution in [1.29, 1.82) is 0 Å². The number of likely N-dealkylation sites (tertiary alicyclic amines) is 1. The first kappa shape index (κ1) is 16.6. The molecule has 2 bridgehead atoms. The molecule has 4 atom stereocenters. The van der Waals surface area contributed by atoms with E-state index >= 15 is 0 Å². The molecule has 3 aliphatic heterocycles. The normalized spacial score (nSPS) is 38.5. The van der Waals surface area contributed by atoms with Crippen LogP contribution in [-0.2, 0) is 9.53 Å². The summed E-state index contributed by atoms with van der Waals surface area (Å²) in [5, 5.41) is 2.72. The molecule has 1 saturated carbocycles. The van der Waals surface area contributed by atoms with E-state index < -0.39 is 24.9 Å². The predicted molar refractivity (Wildman–Crippen MR) is 81.3 cm³/mol. The Bertz CT molecular complexity index is 509. The highest BCUT2D eigenvalue weighted by Crippen LogP contribution is 2.55. The van der Waals surface area contributed by atoms with Crippen molar-refractivity contribution in [3.05, 3.63) is 0 Å². The Morgan fingerprint density at radius 3 is 2.79 bits per heavy atom. The number of carbonyl (C=O) groups is 1. The Labute approximate surface area is 140 Å². The second-order valence-corrected chi connectivity index (χ2v) is 8.09. The van der Waals surface area contributed by atoms with Crippen LogP contribution in [0.15, 0.2) is 0 Å². The van der Waals surface area contributed by atoms with Crippen LogP contribution in [0.25, 0.3) is 0 Å². The fourth-order valence-electron chi connectivity index (χ4n) is 4.94. The van der Waals surface area contributed by atoms with Gasteiger partial charge in [-0.05, 0) is 31.6 Å². The lowest BCUT2D eigenvalue weighted by molar-refractivity contribution is -0.144. The number of nitrogens with zero attached hydrogens (tertiary/aromatic N) is 1. The molecule has 3 saturated heterocycles. The first-order chi connectivity index (χ1) is 11.3. The molecule has 4 aliphatic rings. The van der Waals surface area contributed by atoms with Crippen LogP contribution < -0.4 is 5.32 Å². The smallest absolute Gasteiger partial charge is 0.370 e. The minimum atomic E-state index is -4.27. The van der Waals surface area contributed by atoms with Crippen LogP contribution in [0.3, 0.4) is 0 Å². The van der Waals surface area contributed by atoms with Crippen molar-refractivity contribution < 1.29 is 22.7 Å². The molecule has 3 heterocycles. The Kier molecular flexibility index (Phi) is 4.07. The van der Waals surface area contributed by atoms with Crippen LogP contribution in [0.1, 0.15) is 38.5 Å². The van der Waals surface area contributed by atoms with Gasteiger partial charge >= 0.3 is 6.18 Å². The van der Waals surface area contributed by atoms with E-state index in [1.807, 2.05) is 0 Å². The summed E-state index contributed by atoms with van der Waals surface area (Å²) in [6.07, 6.45) is -0.879. The summed E-state index contributed by atoms with van der Waals surface area (Å²) in [4.78, 5) is 14.2. The van der Waals surface area contributed by atoms with Gasteiger partial charge in [-0.15, -0.1) is 0 Å². The highest BCUT2D eigenvalue weighted by atomic mass is 19.4. The number of carbonyl (C=O) groups excluding carboxylic acids is 1. The van der Waals surface area contributed by atoms with Gasteiger partial charge in [0.15, 0.2) is 0 Å². The molecule has 1 spiro atoms. The monoisotopic (exact) mass is 346 g/mol. The summed E-state index contributed by atoms with van der Waals surface area (Å²) in [5.74, 6) is 1.01. The van der Waals surface area contributed by atoms with Crippen molar-refractivity contribution in [2.75, 3.05) is 26.2 Å². The maximum absolute atomic E-state index is 12.2. The van der Waals surface area contributed by atoms with Gasteiger partial charge in [-0.3, -0.25) is 9.69 Å². The number of fused-ring (bicyclic) bond motifs is 1. The average molecular weight is 346 g/mol. The zero-order valence-electron chi connectivity index (χ0n) is 13.8. The van der Waals surface area contributed by atoms with Gasteiger partial charge in [-0.1, -0.05) is 0 Å². The topological polar surface area (TPSA) is 41.6 Å². The first-order valence-electron chi connectivity index (χ1n) is 9.08. The van der Waals surface area contributed by atoms with Gasteiger partial charge in [-0.2, -0.15) is 13.2 Å². The van der Waals surface area contributed by atoms with E-state index in [9.17, 15) is 18.0 Å². The molecule has 0 radical (unpaired) electrons. The molecule has 4 fully saturated rings. The summed E-state index contributed by atoms with van der Waals surface area (Å²) in [6, 6.07) is 0. The molecule has 7 heteroatoms. The molecule has 1 aliphatic carbocycles. The number of amides is 1. The lowest BCUT2D eigenvalue weighted by atomic mass is 9.73. The standard InChI is InChI=1S/C17H25F3N2O2/c18-17(19,20)6-4-15(23)21-7-12-13-9-22(8-11-1-2-11)10-16(13)5-3-14(12)24-16/h11-14H,1-10H2,(H,21,23)/t12-,13+,14+,16+/m0/s1. The highest BCUT2D eigenvalue weighted by molar-refractivity contribution is 5.75. The zero-order chi connectivity index (χ0) is 16.9. The van der Waals surface area contributed by atoms with E-state index in [0.717, 1.165) is 38.4 Å². The maximum Gasteiger partial charge on any atom is 0.389 e. The van der Waals surface area contributed by atoms with Crippen molar-refractivity contribution in [2.24, 2.45) is 17.8 Å². The molecule has 4 nitrogen and oxygen atoms in total. The van der Waals surface area contributed by atoms with E-state index in [2.05, 4.69) is 10.2 Å². The molecule has 0 aromatic carbocycles. The predicted octanol–water partition coefficient (Wildman–Crippen LogP) is 2.33. The number of halogens is 3. The van der Waals surface area contributed by atoms with Gasteiger partial charge in [-0.25, -0.2) is 0 Å². The molecule has 0 aromatic rings. The maximum atomic E-state index is 12.2. The SMILES string of the molecule is O=C(CCC(F)(F)F)NC[C@H]1[C@H]2CN(CC3CC3)C[C@]23CC[C@H]1O3. The van der Waals surface area contributed by atoms with Gasteiger partial charge in [0.05, 0.1) is 18.1 Å². The van der Waals surface area contributed by atoms with Crippen molar-refractivity contribution >= 4 is 5.91 Å². The van der Waals surface area contributed by atoms with Gasteiger partial charge in [0.1, 0.15) is 0 Å². The third kappa shape index (κ3) is 3.29. The minimum absolute atomic E-state index is 0.0546. The molecule has 1 amide bonds. The van der Waals surface area contributed by atoms with Crippen LogP contribution in [0.5, 0.6) is 0 Å². The quantitative estimate of drug-likeness (QED) is 0.803. The van der Waals surface area contributed by atoms with Crippen molar-refractivity contribution in [3.8, 4) is 0 Å². The van der Waals surface area contributed by atoms with Crippen molar-refractivity contribution in [1.82, 2.24) is 10.2 Å². The molecular formula is C17H25F3N2O2. The van der Waals surface area contributed by atoms with E-state index in [1.54, 1.807) is 0 Å². The Balaban J connectivity index is 1.30. The molecule has 0 aromatic heterocycles. The summed E-state index contributed by atoms with van der Waals surface area (Å²) in [7, 11) is 0. The van der Waals surface area contributed by atoms with Crippen LogP contribution in [0.4, 0.5) is 13.2 Å². The fraction of sp³-hybridized carbons (Fsp3) is 0.941. The summed E-state index contributed by atoms with van der Waals surface area (Å²) in [6.45, 7) is 3.60. The summed E-state index contributed by atoms with van der Waals surface area (Å²) in [5.41, 5.74) is -0.0546. The van der Waals surface area contributed by atoms with E-state index in [1.165, 1.54) is 12.8 Å². The summed E-state index contributed by atoms with van der Waals surface area (Å²) >= 11 is 0.